The van der Waals surface area contributed by atoms with Crippen LogP contribution in [-0.2, 0) is 9.47 Å². The minimum atomic E-state index is 0.101. The van der Waals surface area contributed by atoms with Crippen LogP contribution in [0.5, 0.6) is 0 Å². The van der Waals surface area contributed by atoms with Crippen LogP contribution in [0.4, 0.5) is 0 Å². The van der Waals surface area contributed by atoms with Gasteiger partial charge in [0.05, 0.1) is 18.8 Å². The van der Waals surface area contributed by atoms with Crippen molar-refractivity contribution >= 4 is 0 Å². The fourth-order valence-electron chi connectivity index (χ4n) is 3.17. The summed E-state index contributed by atoms with van der Waals surface area (Å²) in [5.41, 5.74) is 0.343. The van der Waals surface area contributed by atoms with Gasteiger partial charge in [-0.15, -0.1) is 0 Å². The van der Waals surface area contributed by atoms with Gasteiger partial charge in [-0.3, -0.25) is 0 Å². The Labute approximate surface area is 111 Å². The number of hydrogen-bond donors (Lipinski definition) is 2. The minimum absolute atomic E-state index is 0.101. The molecular formula is C14H28N2O2. The van der Waals surface area contributed by atoms with E-state index in [1.54, 1.807) is 7.11 Å². The molecule has 2 fully saturated rings. The smallest absolute Gasteiger partial charge is 0.0684 e. The molecule has 0 saturated heterocycles. The molecule has 18 heavy (non-hydrogen) atoms. The summed E-state index contributed by atoms with van der Waals surface area (Å²) in [6.07, 6.45) is 6.05. The quantitative estimate of drug-likeness (QED) is 0.643. The summed E-state index contributed by atoms with van der Waals surface area (Å²) in [7, 11) is 3.81. The predicted octanol–water partition coefficient (Wildman–Crippen LogP) is 1.30. The zero-order valence-electron chi connectivity index (χ0n) is 12.1. The zero-order chi connectivity index (χ0) is 13.1. The monoisotopic (exact) mass is 256 g/mol. The topological polar surface area (TPSA) is 42.5 Å². The van der Waals surface area contributed by atoms with Crippen molar-refractivity contribution in [3.8, 4) is 0 Å². The predicted molar refractivity (Wildman–Crippen MR) is 72.9 cm³/mol. The molecule has 4 heteroatoms. The molecule has 0 heterocycles. The highest BCUT2D eigenvalue weighted by Crippen LogP contribution is 2.35. The molecule has 0 atom stereocenters. The van der Waals surface area contributed by atoms with Crippen molar-refractivity contribution in [2.75, 3.05) is 33.9 Å². The van der Waals surface area contributed by atoms with Crippen molar-refractivity contribution in [2.24, 2.45) is 0 Å². The molecule has 0 radical (unpaired) electrons. The normalized spacial score (nSPS) is 33.8. The average molecular weight is 256 g/mol. The Morgan fingerprint density at radius 1 is 1.28 bits per heavy atom. The van der Waals surface area contributed by atoms with Crippen molar-refractivity contribution < 1.29 is 9.47 Å². The van der Waals surface area contributed by atoms with Crippen LogP contribution in [0.2, 0.25) is 0 Å². The Bertz CT molecular complexity index is 261. The summed E-state index contributed by atoms with van der Waals surface area (Å²) in [6, 6.07) is 0.648. The molecule has 0 unspecified atom stereocenters. The second-order valence-electron chi connectivity index (χ2n) is 6.19. The van der Waals surface area contributed by atoms with E-state index in [1.807, 2.05) is 7.05 Å². The lowest BCUT2D eigenvalue weighted by Crippen LogP contribution is -2.56. The number of ether oxygens (including phenoxy) is 2. The van der Waals surface area contributed by atoms with E-state index in [0.717, 1.165) is 32.6 Å². The maximum atomic E-state index is 6.00. The number of methoxy groups -OCH3 is 1. The van der Waals surface area contributed by atoms with Crippen molar-refractivity contribution in [2.45, 2.75) is 56.2 Å². The lowest BCUT2D eigenvalue weighted by Gasteiger charge is -2.46. The molecule has 2 N–H and O–H groups in total. The average Bonchev–Trinajstić information content (AvgIpc) is 2.27. The molecule has 2 aliphatic rings. The third kappa shape index (κ3) is 3.23. The van der Waals surface area contributed by atoms with E-state index in [9.17, 15) is 0 Å². The van der Waals surface area contributed by atoms with E-state index in [-0.39, 0.29) is 11.1 Å². The zero-order valence-corrected chi connectivity index (χ0v) is 12.1. The highest BCUT2D eigenvalue weighted by Gasteiger charge is 2.40. The van der Waals surface area contributed by atoms with Crippen LogP contribution in [0.3, 0.4) is 0 Å². The van der Waals surface area contributed by atoms with Gasteiger partial charge in [0.2, 0.25) is 0 Å². The van der Waals surface area contributed by atoms with Gasteiger partial charge in [-0.2, -0.15) is 0 Å². The summed E-state index contributed by atoms with van der Waals surface area (Å²) >= 11 is 0. The first-order chi connectivity index (χ1) is 8.61. The Morgan fingerprint density at radius 3 is 2.50 bits per heavy atom. The van der Waals surface area contributed by atoms with Crippen LogP contribution in [0, 0.1) is 0 Å². The highest BCUT2D eigenvalue weighted by atomic mass is 16.5. The SMILES string of the molecule is CNC1CC(C)(OCCNC2(COC)CCC2)C1. The van der Waals surface area contributed by atoms with E-state index >= 15 is 0 Å². The van der Waals surface area contributed by atoms with Crippen LogP contribution in [0.25, 0.3) is 0 Å². The van der Waals surface area contributed by atoms with E-state index in [4.69, 9.17) is 9.47 Å². The van der Waals surface area contributed by atoms with Gasteiger partial charge in [0.1, 0.15) is 0 Å². The number of rotatable bonds is 8. The summed E-state index contributed by atoms with van der Waals surface area (Å²) in [6.45, 7) is 4.78. The van der Waals surface area contributed by atoms with Gasteiger partial charge < -0.3 is 20.1 Å². The van der Waals surface area contributed by atoms with Crippen LogP contribution in [0.15, 0.2) is 0 Å². The Balaban J connectivity index is 1.59. The molecule has 0 bridgehead atoms. The third-order valence-corrected chi connectivity index (χ3v) is 4.55. The standard InChI is InChI=1S/C14H28N2O2/c1-13(9-12(10-13)15-2)18-8-7-16-14(11-17-3)5-4-6-14/h12,15-16H,4-11H2,1-3H3. The summed E-state index contributed by atoms with van der Waals surface area (Å²) in [5.74, 6) is 0. The number of hydrogen-bond acceptors (Lipinski definition) is 4. The van der Waals surface area contributed by atoms with E-state index in [1.165, 1.54) is 19.3 Å². The maximum Gasteiger partial charge on any atom is 0.0684 e. The summed E-state index contributed by atoms with van der Waals surface area (Å²) in [4.78, 5) is 0. The minimum Gasteiger partial charge on any atom is -0.383 e. The molecular weight excluding hydrogens is 228 g/mol. The fourth-order valence-corrected chi connectivity index (χ4v) is 3.17. The van der Waals surface area contributed by atoms with Crippen LogP contribution in [0.1, 0.15) is 39.0 Å². The molecule has 2 aliphatic carbocycles. The Hall–Kier alpha value is -0.160. The van der Waals surface area contributed by atoms with Crippen molar-refractivity contribution in [3.63, 3.8) is 0 Å². The van der Waals surface area contributed by atoms with Crippen LogP contribution >= 0.6 is 0 Å². The third-order valence-electron chi connectivity index (χ3n) is 4.55. The second-order valence-corrected chi connectivity index (χ2v) is 6.19. The molecule has 106 valence electrons. The van der Waals surface area contributed by atoms with Gasteiger partial charge in [-0.1, -0.05) is 0 Å². The molecule has 0 spiro atoms. The van der Waals surface area contributed by atoms with Crippen LogP contribution < -0.4 is 10.6 Å². The fraction of sp³-hybridized carbons (Fsp3) is 1.00. The molecule has 2 saturated carbocycles. The van der Waals surface area contributed by atoms with Gasteiger partial charge in [-0.25, -0.2) is 0 Å². The van der Waals surface area contributed by atoms with Gasteiger partial charge >= 0.3 is 0 Å². The first kappa shape index (κ1) is 14.3. The largest absolute Gasteiger partial charge is 0.383 e. The molecule has 2 rings (SSSR count). The second kappa shape index (κ2) is 5.87. The van der Waals surface area contributed by atoms with Crippen LogP contribution in [-0.4, -0.2) is 51.1 Å². The molecule has 0 amide bonds. The number of nitrogens with one attached hydrogen (secondary N) is 2. The lowest BCUT2D eigenvalue weighted by molar-refractivity contribution is -0.101. The first-order valence-electron chi connectivity index (χ1n) is 7.17. The Morgan fingerprint density at radius 2 is 2.00 bits per heavy atom. The van der Waals surface area contributed by atoms with Gasteiger partial charge in [-0.05, 0) is 46.1 Å². The van der Waals surface area contributed by atoms with Crippen molar-refractivity contribution in [1.82, 2.24) is 10.6 Å². The molecule has 0 aromatic rings. The summed E-state index contributed by atoms with van der Waals surface area (Å²) < 4.78 is 11.3. The Kier molecular flexibility index (Phi) is 4.64. The maximum absolute atomic E-state index is 6.00. The first-order valence-corrected chi connectivity index (χ1v) is 7.17. The van der Waals surface area contributed by atoms with E-state index in [2.05, 4.69) is 17.6 Å². The van der Waals surface area contributed by atoms with E-state index in [0.29, 0.717) is 6.04 Å². The molecule has 4 nitrogen and oxygen atoms in total. The molecule has 0 aliphatic heterocycles. The lowest BCUT2D eigenvalue weighted by atomic mass is 9.77. The van der Waals surface area contributed by atoms with Gasteiger partial charge in [0, 0.05) is 25.2 Å². The van der Waals surface area contributed by atoms with Gasteiger partial charge in [0.25, 0.3) is 0 Å². The van der Waals surface area contributed by atoms with Gasteiger partial charge in [0.15, 0.2) is 0 Å². The molecule has 0 aromatic carbocycles. The summed E-state index contributed by atoms with van der Waals surface area (Å²) in [5, 5.41) is 6.91. The highest BCUT2D eigenvalue weighted by molar-refractivity contribution is 4.97. The van der Waals surface area contributed by atoms with Crippen molar-refractivity contribution in [1.29, 1.82) is 0 Å². The van der Waals surface area contributed by atoms with E-state index < -0.39 is 0 Å². The van der Waals surface area contributed by atoms with Crippen molar-refractivity contribution in [3.05, 3.63) is 0 Å². The molecule has 0 aromatic heterocycles.